The lowest BCUT2D eigenvalue weighted by Crippen LogP contribution is -2.45. The first-order chi connectivity index (χ1) is 11.8. The molecule has 5 heteroatoms. The van der Waals surface area contributed by atoms with Crippen LogP contribution in [0.15, 0.2) is 48.7 Å². The second kappa shape index (κ2) is 6.61. The summed E-state index contributed by atoms with van der Waals surface area (Å²) in [6, 6.07) is 14.7. The molecule has 3 aromatic rings. The van der Waals surface area contributed by atoms with E-state index in [9.17, 15) is 0 Å². The van der Waals surface area contributed by atoms with Crippen LogP contribution < -0.4 is 5.32 Å². The van der Waals surface area contributed by atoms with Crippen LogP contribution in [0.1, 0.15) is 19.0 Å². The van der Waals surface area contributed by atoms with E-state index in [4.69, 9.17) is 0 Å². The molecule has 3 heterocycles. The Balaban J connectivity index is 1.38. The van der Waals surface area contributed by atoms with Gasteiger partial charge in [0.15, 0.2) is 0 Å². The zero-order chi connectivity index (χ0) is 16.4. The van der Waals surface area contributed by atoms with Gasteiger partial charge in [0.25, 0.3) is 0 Å². The number of pyridine rings is 1. The van der Waals surface area contributed by atoms with E-state index in [1.807, 2.05) is 30.5 Å². The van der Waals surface area contributed by atoms with Gasteiger partial charge in [-0.2, -0.15) is 0 Å². The Kier molecular flexibility index (Phi) is 4.17. The van der Waals surface area contributed by atoms with E-state index in [2.05, 4.69) is 50.3 Å². The fraction of sp³-hybridized carbons (Fsp3) is 0.368. The van der Waals surface area contributed by atoms with Crippen LogP contribution in [0.5, 0.6) is 0 Å². The van der Waals surface area contributed by atoms with Crippen LogP contribution in [0.25, 0.3) is 11.0 Å². The highest BCUT2D eigenvalue weighted by atomic mass is 15.2. The lowest BCUT2D eigenvalue weighted by molar-refractivity contribution is 0.163. The molecule has 24 heavy (non-hydrogen) atoms. The molecular formula is C19H23N5. The highest BCUT2D eigenvalue weighted by molar-refractivity contribution is 5.77. The van der Waals surface area contributed by atoms with Crippen LogP contribution in [0.2, 0.25) is 0 Å². The van der Waals surface area contributed by atoms with Gasteiger partial charge in [0.1, 0.15) is 0 Å². The van der Waals surface area contributed by atoms with Gasteiger partial charge in [-0.3, -0.25) is 9.88 Å². The van der Waals surface area contributed by atoms with Gasteiger partial charge in [-0.25, -0.2) is 4.98 Å². The fourth-order valence-electron chi connectivity index (χ4n) is 3.51. The Morgan fingerprint density at radius 2 is 2.08 bits per heavy atom. The highest BCUT2D eigenvalue weighted by Gasteiger charge is 2.26. The van der Waals surface area contributed by atoms with Crippen LogP contribution in [0, 0.1) is 5.92 Å². The molecule has 0 spiro atoms. The second-order valence-electron chi connectivity index (χ2n) is 6.68. The number of hydrogen-bond donors (Lipinski definition) is 2. The normalized spacial score (nSPS) is 21.9. The summed E-state index contributed by atoms with van der Waals surface area (Å²) >= 11 is 0. The molecule has 0 amide bonds. The minimum absolute atomic E-state index is 0.450. The van der Waals surface area contributed by atoms with Gasteiger partial charge in [-0.1, -0.05) is 25.1 Å². The third-order valence-corrected chi connectivity index (χ3v) is 4.81. The highest BCUT2D eigenvalue weighted by Crippen LogP contribution is 2.22. The molecule has 5 nitrogen and oxygen atoms in total. The molecule has 2 aromatic heterocycles. The van der Waals surface area contributed by atoms with Crippen molar-refractivity contribution >= 4 is 17.0 Å². The Labute approximate surface area is 142 Å². The Bertz CT molecular complexity index is 765. The van der Waals surface area contributed by atoms with Gasteiger partial charge in [-0.15, -0.1) is 0 Å². The molecule has 1 aliphatic rings. The van der Waals surface area contributed by atoms with Crippen LogP contribution in [-0.2, 0) is 6.54 Å². The molecular weight excluding hydrogens is 298 g/mol. The molecule has 2 unspecified atom stereocenters. The zero-order valence-electron chi connectivity index (χ0n) is 13.9. The van der Waals surface area contributed by atoms with Gasteiger partial charge < -0.3 is 10.3 Å². The van der Waals surface area contributed by atoms with Gasteiger partial charge in [0, 0.05) is 31.9 Å². The quantitative estimate of drug-likeness (QED) is 0.774. The first-order valence-electron chi connectivity index (χ1n) is 8.61. The molecule has 0 saturated carbocycles. The van der Waals surface area contributed by atoms with E-state index in [0.717, 1.165) is 48.7 Å². The number of nitrogens with one attached hydrogen (secondary N) is 2. The average Bonchev–Trinajstić information content (AvgIpc) is 3.01. The van der Waals surface area contributed by atoms with E-state index in [1.165, 1.54) is 0 Å². The average molecular weight is 321 g/mol. The second-order valence-corrected chi connectivity index (χ2v) is 6.68. The van der Waals surface area contributed by atoms with Gasteiger partial charge in [0.05, 0.1) is 16.7 Å². The van der Waals surface area contributed by atoms with E-state index in [1.54, 1.807) is 0 Å². The third kappa shape index (κ3) is 3.26. The maximum absolute atomic E-state index is 4.64. The summed E-state index contributed by atoms with van der Waals surface area (Å²) < 4.78 is 0. The van der Waals surface area contributed by atoms with Crippen LogP contribution in [0.3, 0.4) is 0 Å². The van der Waals surface area contributed by atoms with Crippen molar-refractivity contribution in [2.24, 2.45) is 5.92 Å². The number of likely N-dealkylation sites (tertiary alicyclic amines) is 1. The number of aromatic nitrogens is 3. The monoisotopic (exact) mass is 321 g/mol. The molecule has 0 aliphatic carbocycles. The van der Waals surface area contributed by atoms with E-state index >= 15 is 0 Å². The SMILES string of the molecule is CC1CN(Cc2ccccn2)CCC1Nc1nc2ccccc2[nH]1. The largest absolute Gasteiger partial charge is 0.353 e. The first kappa shape index (κ1) is 15.1. The van der Waals surface area contributed by atoms with Crippen molar-refractivity contribution in [3.8, 4) is 0 Å². The molecule has 1 fully saturated rings. The molecule has 2 atom stereocenters. The molecule has 1 aliphatic heterocycles. The number of anilines is 1. The molecule has 2 N–H and O–H groups in total. The number of imidazole rings is 1. The molecule has 1 saturated heterocycles. The number of rotatable bonds is 4. The molecule has 0 radical (unpaired) electrons. The summed E-state index contributed by atoms with van der Waals surface area (Å²) in [5, 5.41) is 3.60. The van der Waals surface area contributed by atoms with E-state index in [-0.39, 0.29) is 0 Å². The summed E-state index contributed by atoms with van der Waals surface area (Å²) in [6.45, 7) is 5.40. The Hall–Kier alpha value is -2.40. The van der Waals surface area contributed by atoms with Crippen molar-refractivity contribution in [1.29, 1.82) is 0 Å². The Morgan fingerprint density at radius 3 is 2.88 bits per heavy atom. The predicted molar refractivity (Wildman–Crippen MR) is 96.8 cm³/mol. The van der Waals surface area contributed by atoms with Crippen molar-refractivity contribution in [3.63, 3.8) is 0 Å². The number of nitrogens with zero attached hydrogens (tertiary/aromatic N) is 3. The third-order valence-electron chi connectivity index (χ3n) is 4.81. The van der Waals surface area contributed by atoms with E-state index < -0.39 is 0 Å². The topological polar surface area (TPSA) is 56.8 Å². The van der Waals surface area contributed by atoms with Crippen molar-refractivity contribution in [3.05, 3.63) is 54.4 Å². The standard InChI is InChI=1S/C19H23N5/c1-14-12-24(13-15-6-4-5-10-20-15)11-9-16(14)21-19-22-17-7-2-3-8-18(17)23-19/h2-8,10,14,16H,9,11-13H2,1H3,(H2,21,22,23). The number of aromatic amines is 1. The molecule has 1 aromatic carbocycles. The molecule has 4 rings (SSSR count). The maximum atomic E-state index is 4.64. The van der Waals surface area contributed by atoms with Crippen molar-refractivity contribution in [1.82, 2.24) is 19.9 Å². The van der Waals surface area contributed by atoms with Crippen LogP contribution in [-0.4, -0.2) is 39.0 Å². The number of piperidine rings is 1. The number of benzene rings is 1. The summed E-state index contributed by atoms with van der Waals surface area (Å²) in [4.78, 5) is 14.9. The summed E-state index contributed by atoms with van der Waals surface area (Å²) in [6.07, 6.45) is 2.99. The maximum Gasteiger partial charge on any atom is 0.201 e. The van der Waals surface area contributed by atoms with Crippen molar-refractivity contribution in [2.45, 2.75) is 25.9 Å². The van der Waals surface area contributed by atoms with Crippen LogP contribution in [0.4, 0.5) is 5.95 Å². The molecule has 0 bridgehead atoms. The lowest BCUT2D eigenvalue weighted by atomic mass is 9.94. The minimum atomic E-state index is 0.450. The van der Waals surface area contributed by atoms with Gasteiger partial charge in [-0.05, 0) is 36.6 Å². The number of hydrogen-bond acceptors (Lipinski definition) is 4. The van der Waals surface area contributed by atoms with E-state index in [0.29, 0.717) is 12.0 Å². The summed E-state index contributed by atoms with van der Waals surface area (Å²) in [5.41, 5.74) is 3.24. The zero-order valence-corrected chi connectivity index (χ0v) is 13.9. The molecule has 124 valence electrons. The Morgan fingerprint density at radius 1 is 1.21 bits per heavy atom. The summed E-state index contributed by atoms with van der Waals surface area (Å²) in [5.74, 6) is 1.45. The minimum Gasteiger partial charge on any atom is -0.353 e. The van der Waals surface area contributed by atoms with Crippen molar-refractivity contribution in [2.75, 3.05) is 18.4 Å². The van der Waals surface area contributed by atoms with Crippen molar-refractivity contribution < 1.29 is 0 Å². The smallest absolute Gasteiger partial charge is 0.201 e. The fourth-order valence-corrected chi connectivity index (χ4v) is 3.51. The predicted octanol–water partition coefficient (Wildman–Crippen LogP) is 3.28. The number of para-hydroxylation sites is 2. The lowest BCUT2D eigenvalue weighted by Gasteiger charge is -2.37. The van der Waals surface area contributed by atoms with Gasteiger partial charge >= 0.3 is 0 Å². The van der Waals surface area contributed by atoms with Crippen LogP contribution >= 0.6 is 0 Å². The summed E-state index contributed by atoms with van der Waals surface area (Å²) in [7, 11) is 0. The van der Waals surface area contributed by atoms with Gasteiger partial charge in [0.2, 0.25) is 5.95 Å². The number of H-pyrrole nitrogens is 1. The number of fused-ring (bicyclic) bond motifs is 1. The first-order valence-corrected chi connectivity index (χ1v) is 8.61.